The van der Waals surface area contributed by atoms with Crippen LogP contribution in [0.5, 0.6) is 5.75 Å². The van der Waals surface area contributed by atoms with Crippen molar-refractivity contribution in [3.8, 4) is 28.1 Å². The van der Waals surface area contributed by atoms with Crippen molar-refractivity contribution in [3.05, 3.63) is 65.4 Å². The highest BCUT2D eigenvalue weighted by molar-refractivity contribution is 5.81. The maximum atomic E-state index is 13.6. The first-order chi connectivity index (χ1) is 22.8. The SMILES string of the molecule is CCOC(=O)[C@@H](OC(C)(C)C)c1c(C)nc2cc3nn2c1N1CCC(C)(CC1)OCCC[C@H](C)Oc1cc(C)ccc1-c1cccc-3c1. The summed E-state index contributed by atoms with van der Waals surface area (Å²) in [5.74, 6) is 1.25. The molecule has 3 aliphatic rings. The Kier molecular flexibility index (Phi) is 9.55. The average Bonchev–Trinajstić information content (AvgIpc) is 3.45. The molecule has 2 aromatic carbocycles. The highest BCUT2D eigenvalue weighted by Crippen LogP contribution is 2.40. The molecule has 2 atom stereocenters. The van der Waals surface area contributed by atoms with Crippen molar-refractivity contribution < 1.29 is 23.7 Å². The van der Waals surface area contributed by atoms with Crippen molar-refractivity contribution in [3.63, 3.8) is 0 Å². The lowest BCUT2D eigenvalue weighted by atomic mass is 9.92. The Hall–Kier alpha value is -3.95. The van der Waals surface area contributed by atoms with Gasteiger partial charge in [0.2, 0.25) is 0 Å². The van der Waals surface area contributed by atoms with E-state index in [4.69, 9.17) is 29.0 Å². The molecule has 3 aliphatic heterocycles. The zero-order valence-electron chi connectivity index (χ0n) is 29.8. The van der Waals surface area contributed by atoms with Crippen LogP contribution in [0.3, 0.4) is 0 Å². The second kappa shape index (κ2) is 13.5. The molecule has 2 aromatic heterocycles. The number of hydrogen-bond donors (Lipinski definition) is 0. The molecule has 0 radical (unpaired) electrons. The second-order valence-electron chi connectivity index (χ2n) is 14.5. The number of fused-ring (bicyclic) bond motifs is 7. The Morgan fingerprint density at radius 3 is 2.56 bits per heavy atom. The van der Waals surface area contributed by atoms with E-state index in [-0.39, 0.29) is 18.3 Å². The smallest absolute Gasteiger partial charge is 0.340 e. The van der Waals surface area contributed by atoms with Gasteiger partial charge in [0.15, 0.2) is 11.8 Å². The molecule has 0 amide bonds. The molecule has 4 aromatic rings. The third kappa shape index (κ3) is 7.22. The molecule has 5 heterocycles. The zero-order chi connectivity index (χ0) is 34.2. The standard InChI is InChI=1S/C39H50N4O5/c1-9-45-37(44)35(48-38(5,6)7)34-27(4)40-33-24-31-29-14-10-13-28(23-29)30-16-15-25(2)22-32(30)47-26(3)12-11-21-46-39(8)17-19-42(20-18-39)36(34)43(33)41-31/h10,13-16,22-24,26,35H,9,11-12,17-21H2,1-8H3/t26-,35-/m0/s1. The normalized spacial score (nSPS) is 20.8. The molecule has 0 spiro atoms. The van der Waals surface area contributed by atoms with E-state index >= 15 is 0 Å². The van der Waals surface area contributed by atoms with Gasteiger partial charge in [0.05, 0.1) is 35.2 Å². The molecule has 0 saturated carbocycles. The van der Waals surface area contributed by atoms with E-state index in [0.29, 0.717) is 23.5 Å². The van der Waals surface area contributed by atoms with E-state index in [9.17, 15) is 4.79 Å². The number of nitrogens with zero attached hydrogens (tertiary/aromatic N) is 4. The molecule has 6 bridgehead atoms. The molecule has 7 rings (SSSR count). The summed E-state index contributed by atoms with van der Waals surface area (Å²) >= 11 is 0. The van der Waals surface area contributed by atoms with Crippen LogP contribution in [0.4, 0.5) is 5.82 Å². The fraction of sp³-hybridized carbons (Fsp3) is 0.513. The third-order valence-electron chi connectivity index (χ3n) is 9.30. The van der Waals surface area contributed by atoms with Gasteiger partial charge in [-0.3, -0.25) is 0 Å². The van der Waals surface area contributed by atoms with Gasteiger partial charge < -0.3 is 23.8 Å². The summed E-state index contributed by atoms with van der Waals surface area (Å²) in [5.41, 5.74) is 6.23. The summed E-state index contributed by atoms with van der Waals surface area (Å²) in [6, 6.07) is 16.8. The van der Waals surface area contributed by atoms with Gasteiger partial charge in [0.25, 0.3) is 0 Å². The maximum absolute atomic E-state index is 13.6. The van der Waals surface area contributed by atoms with Crippen molar-refractivity contribution in [2.45, 2.75) is 104 Å². The Labute approximate surface area is 284 Å². The average molecular weight is 655 g/mol. The molecular weight excluding hydrogens is 604 g/mol. The minimum atomic E-state index is -0.971. The lowest BCUT2D eigenvalue weighted by Crippen LogP contribution is -2.46. The fourth-order valence-corrected chi connectivity index (χ4v) is 6.78. The first-order valence-corrected chi connectivity index (χ1v) is 17.4. The van der Waals surface area contributed by atoms with E-state index in [1.807, 2.05) is 45.2 Å². The van der Waals surface area contributed by atoms with E-state index in [2.05, 4.69) is 68.1 Å². The van der Waals surface area contributed by atoms with Gasteiger partial charge in [-0.05, 0) is 104 Å². The molecule has 0 N–H and O–H groups in total. The van der Waals surface area contributed by atoms with Crippen LogP contribution in [0.1, 0.15) is 90.2 Å². The van der Waals surface area contributed by atoms with Gasteiger partial charge in [0.1, 0.15) is 11.6 Å². The largest absolute Gasteiger partial charge is 0.490 e. The maximum Gasteiger partial charge on any atom is 0.340 e. The van der Waals surface area contributed by atoms with Gasteiger partial charge in [0, 0.05) is 42.6 Å². The number of ether oxygens (including phenoxy) is 4. The number of anilines is 1. The quantitative estimate of drug-likeness (QED) is 0.205. The third-order valence-corrected chi connectivity index (χ3v) is 9.30. The van der Waals surface area contributed by atoms with Crippen LogP contribution in [0.15, 0.2) is 48.5 Å². The number of benzene rings is 2. The van der Waals surface area contributed by atoms with E-state index < -0.39 is 17.7 Å². The molecular formula is C39H50N4O5. The minimum Gasteiger partial charge on any atom is -0.490 e. The van der Waals surface area contributed by atoms with Crippen molar-refractivity contribution in [1.29, 1.82) is 0 Å². The van der Waals surface area contributed by atoms with E-state index in [0.717, 1.165) is 78.3 Å². The second-order valence-corrected chi connectivity index (χ2v) is 14.5. The molecule has 9 nitrogen and oxygen atoms in total. The van der Waals surface area contributed by atoms with Crippen LogP contribution in [0.2, 0.25) is 0 Å². The van der Waals surface area contributed by atoms with Gasteiger partial charge in [-0.2, -0.15) is 9.61 Å². The first kappa shape index (κ1) is 33.9. The lowest BCUT2D eigenvalue weighted by Gasteiger charge is -2.41. The number of esters is 1. The number of aromatic nitrogens is 3. The van der Waals surface area contributed by atoms with E-state index in [1.54, 1.807) is 0 Å². The van der Waals surface area contributed by atoms with Gasteiger partial charge >= 0.3 is 5.97 Å². The van der Waals surface area contributed by atoms with Crippen LogP contribution < -0.4 is 9.64 Å². The summed E-state index contributed by atoms with van der Waals surface area (Å²) in [6.45, 7) is 18.4. The summed E-state index contributed by atoms with van der Waals surface area (Å²) in [6.07, 6.45) is 2.53. The number of carbonyl (C=O) groups is 1. The number of piperidine rings is 1. The molecule has 256 valence electrons. The number of hydrogen-bond acceptors (Lipinski definition) is 8. The highest BCUT2D eigenvalue weighted by Gasteiger charge is 2.38. The lowest BCUT2D eigenvalue weighted by molar-refractivity contribution is -0.166. The number of aryl methyl sites for hydroxylation is 2. The Balaban J connectivity index is 1.55. The predicted molar refractivity (Wildman–Crippen MR) is 189 cm³/mol. The van der Waals surface area contributed by atoms with Crippen molar-refractivity contribution in [1.82, 2.24) is 14.6 Å². The molecule has 0 unspecified atom stereocenters. The van der Waals surface area contributed by atoms with Gasteiger partial charge in [-0.25, -0.2) is 9.78 Å². The Bertz CT molecular complexity index is 1780. The van der Waals surface area contributed by atoms with Crippen LogP contribution >= 0.6 is 0 Å². The highest BCUT2D eigenvalue weighted by atomic mass is 16.6. The number of carbonyl (C=O) groups excluding carboxylic acids is 1. The Morgan fingerprint density at radius 1 is 1.08 bits per heavy atom. The molecule has 48 heavy (non-hydrogen) atoms. The van der Waals surface area contributed by atoms with Crippen LogP contribution in [-0.2, 0) is 19.0 Å². The topological polar surface area (TPSA) is 87.4 Å². The van der Waals surface area contributed by atoms with Crippen LogP contribution in [-0.4, -0.2) is 64.2 Å². The summed E-state index contributed by atoms with van der Waals surface area (Å²) < 4.78 is 27.1. The van der Waals surface area contributed by atoms with Crippen molar-refractivity contribution in [2.75, 3.05) is 31.2 Å². The van der Waals surface area contributed by atoms with Crippen molar-refractivity contribution >= 4 is 17.4 Å². The summed E-state index contributed by atoms with van der Waals surface area (Å²) in [5, 5.41) is 5.19. The predicted octanol–water partition coefficient (Wildman–Crippen LogP) is 8.04. The molecule has 9 heteroatoms. The van der Waals surface area contributed by atoms with Crippen LogP contribution in [0.25, 0.3) is 28.0 Å². The zero-order valence-corrected chi connectivity index (χ0v) is 29.8. The Morgan fingerprint density at radius 2 is 1.83 bits per heavy atom. The van der Waals surface area contributed by atoms with E-state index in [1.165, 1.54) is 0 Å². The van der Waals surface area contributed by atoms with Crippen LogP contribution in [0, 0.1) is 13.8 Å². The minimum absolute atomic E-state index is 0.0417. The summed E-state index contributed by atoms with van der Waals surface area (Å²) in [7, 11) is 0. The number of rotatable bonds is 4. The monoisotopic (exact) mass is 654 g/mol. The van der Waals surface area contributed by atoms with Crippen molar-refractivity contribution in [2.24, 2.45) is 0 Å². The summed E-state index contributed by atoms with van der Waals surface area (Å²) in [4.78, 5) is 20.9. The van der Waals surface area contributed by atoms with Gasteiger partial charge in [-0.15, -0.1) is 0 Å². The molecule has 1 fully saturated rings. The molecule has 0 aliphatic carbocycles. The fourth-order valence-electron chi connectivity index (χ4n) is 6.78. The first-order valence-electron chi connectivity index (χ1n) is 17.4. The van der Waals surface area contributed by atoms with Gasteiger partial charge in [-0.1, -0.05) is 30.3 Å². The molecule has 1 saturated heterocycles.